The summed E-state index contributed by atoms with van der Waals surface area (Å²) in [6.45, 7) is 6.49. The number of likely N-dealkylation sites (tertiary alicyclic amines) is 1. The van der Waals surface area contributed by atoms with Crippen molar-refractivity contribution in [3.05, 3.63) is 60.2 Å². The number of rotatable bonds is 6. The van der Waals surface area contributed by atoms with Crippen molar-refractivity contribution in [2.75, 3.05) is 6.54 Å². The quantitative estimate of drug-likeness (QED) is 0.798. The number of ether oxygens (including phenoxy) is 1. The maximum Gasteiger partial charge on any atom is 0.310 e. The maximum atomic E-state index is 13.2. The van der Waals surface area contributed by atoms with Crippen LogP contribution in [-0.2, 0) is 20.7 Å². The molecular formula is C21H23NO4. The molecular weight excluding hydrogens is 330 g/mol. The Morgan fingerprint density at radius 3 is 2.73 bits per heavy atom. The summed E-state index contributed by atoms with van der Waals surface area (Å²) in [6.07, 6.45) is 4.57. The molecule has 5 atom stereocenters. The summed E-state index contributed by atoms with van der Waals surface area (Å²) in [7, 11) is 0. The fraction of sp³-hybridized carbons (Fsp3) is 0.429. The molecule has 2 fully saturated rings. The van der Waals surface area contributed by atoms with Gasteiger partial charge < -0.3 is 14.7 Å². The number of aliphatic carboxylic acids is 1. The van der Waals surface area contributed by atoms with Crippen LogP contribution in [0.5, 0.6) is 0 Å². The molecule has 0 unspecified atom stereocenters. The Morgan fingerprint density at radius 1 is 1.35 bits per heavy atom. The second-order valence-corrected chi connectivity index (χ2v) is 7.58. The third-order valence-corrected chi connectivity index (χ3v) is 5.84. The summed E-state index contributed by atoms with van der Waals surface area (Å²) in [5.41, 5.74) is 1.28. The van der Waals surface area contributed by atoms with Crippen LogP contribution in [0.1, 0.15) is 18.9 Å². The van der Waals surface area contributed by atoms with Gasteiger partial charge in [0.15, 0.2) is 0 Å². The predicted molar refractivity (Wildman–Crippen MR) is 96.4 cm³/mol. The van der Waals surface area contributed by atoms with Gasteiger partial charge in [-0.15, -0.1) is 6.58 Å². The molecule has 1 amide bonds. The van der Waals surface area contributed by atoms with E-state index in [1.165, 1.54) is 0 Å². The number of benzene rings is 1. The van der Waals surface area contributed by atoms with Crippen molar-refractivity contribution >= 4 is 11.9 Å². The third kappa shape index (κ3) is 2.42. The summed E-state index contributed by atoms with van der Waals surface area (Å²) in [6, 6.07) is 9.80. The monoisotopic (exact) mass is 353 g/mol. The van der Waals surface area contributed by atoms with Crippen molar-refractivity contribution in [1.82, 2.24) is 4.90 Å². The van der Waals surface area contributed by atoms with Crippen molar-refractivity contribution in [2.24, 2.45) is 11.8 Å². The van der Waals surface area contributed by atoms with Crippen LogP contribution in [0.4, 0.5) is 0 Å². The summed E-state index contributed by atoms with van der Waals surface area (Å²) in [4.78, 5) is 26.8. The molecule has 0 saturated carbocycles. The molecule has 0 aromatic heterocycles. The number of carbonyl (C=O) groups is 2. The van der Waals surface area contributed by atoms with Crippen LogP contribution in [0.3, 0.4) is 0 Å². The van der Waals surface area contributed by atoms with Crippen LogP contribution in [0.25, 0.3) is 0 Å². The zero-order valence-electron chi connectivity index (χ0n) is 14.8. The van der Waals surface area contributed by atoms with Gasteiger partial charge in [-0.3, -0.25) is 9.59 Å². The normalized spacial score (nSPS) is 34.3. The van der Waals surface area contributed by atoms with E-state index in [-0.39, 0.29) is 11.9 Å². The molecule has 2 bridgehead atoms. The fourth-order valence-electron chi connectivity index (χ4n) is 4.76. The van der Waals surface area contributed by atoms with E-state index in [4.69, 9.17) is 4.74 Å². The minimum absolute atomic E-state index is 0.105. The van der Waals surface area contributed by atoms with Crippen LogP contribution in [-0.4, -0.2) is 46.2 Å². The van der Waals surface area contributed by atoms with Crippen molar-refractivity contribution in [2.45, 2.75) is 37.5 Å². The van der Waals surface area contributed by atoms with E-state index in [1.54, 1.807) is 0 Å². The first-order valence-electron chi connectivity index (χ1n) is 9.03. The third-order valence-electron chi connectivity index (χ3n) is 5.84. The zero-order chi connectivity index (χ0) is 18.5. The fourth-order valence-corrected chi connectivity index (χ4v) is 4.76. The summed E-state index contributed by atoms with van der Waals surface area (Å²) in [5.74, 6) is -2.51. The van der Waals surface area contributed by atoms with E-state index >= 15 is 0 Å². The van der Waals surface area contributed by atoms with Crippen molar-refractivity contribution in [3.63, 3.8) is 0 Å². The van der Waals surface area contributed by atoms with Crippen LogP contribution < -0.4 is 0 Å². The van der Waals surface area contributed by atoms with E-state index in [1.807, 2.05) is 54.3 Å². The molecule has 1 N–H and O–H groups in total. The molecule has 0 radical (unpaired) electrons. The van der Waals surface area contributed by atoms with Gasteiger partial charge in [0.1, 0.15) is 11.5 Å². The Labute approximate surface area is 152 Å². The molecule has 5 heteroatoms. The smallest absolute Gasteiger partial charge is 0.310 e. The molecule has 136 valence electrons. The van der Waals surface area contributed by atoms with Crippen LogP contribution >= 0.6 is 0 Å². The largest absolute Gasteiger partial charge is 0.481 e. The van der Waals surface area contributed by atoms with Crippen LogP contribution in [0.15, 0.2) is 54.6 Å². The Balaban J connectivity index is 1.65. The van der Waals surface area contributed by atoms with Gasteiger partial charge in [-0.25, -0.2) is 0 Å². The number of carboxylic acid groups (broad SMARTS) is 1. The molecule has 1 spiro atoms. The highest BCUT2D eigenvalue weighted by molar-refractivity contribution is 5.91. The average Bonchev–Trinajstić information content (AvgIpc) is 3.24. The Kier molecular flexibility index (Phi) is 3.99. The van der Waals surface area contributed by atoms with Gasteiger partial charge in [0, 0.05) is 6.54 Å². The lowest BCUT2D eigenvalue weighted by Gasteiger charge is -2.33. The highest BCUT2D eigenvalue weighted by Gasteiger charge is 2.70. The summed E-state index contributed by atoms with van der Waals surface area (Å²) in [5, 5.41) is 9.66. The number of carboxylic acids is 1. The predicted octanol–water partition coefficient (Wildman–Crippen LogP) is 2.43. The van der Waals surface area contributed by atoms with E-state index in [0.29, 0.717) is 13.0 Å². The number of hydrogen-bond donors (Lipinski definition) is 1. The first kappa shape index (κ1) is 17.0. The molecule has 26 heavy (non-hydrogen) atoms. The highest BCUT2D eigenvalue weighted by atomic mass is 16.5. The molecule has 3 aliphatic rings. The van der Waals surface area contributed by atoms with Crippen LogP contribution in [0, 0.1) is 11.8 Å². The van der Waals surface area contributed by atoms with Gasteiger partial charge in [0.05, 0.1) is 18.1 Å². The minimum atomic E-state index is -0.960. The number of hydrogen-bond acceptors (Lipinski definition) is 3. The van der Waals surface area contributed by atoms with Crippen molar-refractivity contribution < 1.29 is 19.4 Å². The zero-order valence-corrected chi connectivity index (χ0v) is 14.8. The number of fused-ring (bicyclic) bond motifs is 1. The van der Waals surface area contributed by atoms with Gasteiger partial charge in [-0.2, -0.15) is 0 Å². The topological polar surface area (TPSA) is 66.8 Å². The Hall–Kier alpha value is -2.40. The lowest BCUT2D eigenvalue weighted by atomic mass is 9.74. The van der Waals surface area contributed by atoms with Crippen molar-refractivity contribution in [3.8, 4) is 0 Å². The van der Waals surface area contributed by atoms with Gasteiger partial charge in [0.25, 0.3) is 0 Å². The second kappa shape index (κ2) is 6.09. The first-order chi connectivity index (χ1) is 12.4. The Morgan fingerprint density at radius 2 is 2.08 bits per heavy atom. The lowest BCUT2D eigenvalue weighted by molar-refractivity contribution is -0.148. The average molecular weight is 353 g/mol. The number of amides is 1. The Bertz CT molecular complexity index is 786. The molecule has 1 aromatic carbocycles. The molecule has 3 aliphatic heterocycles. The van der Waals surface area contributed by atoms with Gasteiger partial charge in [-0.1, -0.05) is 48.1 Å². The molecule has 4 rings (SSSR count). The maximum absolute atomic E-state index is 13.2. The number of nitrogens with zero attached hydrogens (tertiary/aromatic N) is 1. The van der Waals surface area contributed by atoms with E-state index in [0.717, 1.165) is 17.6 Å². The SMILES string of the molecule is C=C(C)C[C@H]1N(CCc2ccccc2)C(=O)[C@H]2[C@H](C(=O)O)[C@H]3C=C[C@]21O3. The molecule has 1 aromatic rings. The number of carbonyl (C=O) groups excluding carboxylic acids is 1. The highest BCUT2D eigenvalue weighted by Crippen LogP contribution is 2.55. The molecule has 2 saturated heterocycles. The van der Waals surface area contributed by atoms with E-state index < -0.39 is 29.5 Å². The van der Waals surface area contributed by atoms with Gasteiger partial charge in [-0.05, 0) is 25.3 Å². The summed E-state index contributed by atoms with van der Waals surface area (Å²) >= 11 is 0. The van der Waals surface area contributed by atoms with Gasteiger partial charge >= 0.3 is 5.97 Å². The molecule has 3 heterocycles. The minimum Gasteiger partial charge on any atom is -0.481 e. The lowest BCUT2D eigenvalue weighted by Crippen LogP contribution is -2.45. The van der Waals surface area contributed by atoms with Crippen molar-refractivity contribution in [1.29, 1.82) is 0 Å². The molecule has 5 nitrogen and oxygen atoms in total. The van der Waals surface area contributed by atoms with E-state index in [2.05, 4.69) is 6.58 Å². The molecule has 0 aliphatic carbocycles. The van der Waals surface area contributed by atoms with Gasteiger partial charge in [0.2, 0.25) is 5.91 Å². The van der Waals surface area contributed by atoms with Crippen LogP contribution in [0.2, 0.25) is 0 Å². The van der Waals surface area contributed by atoms with E-state index in [9.17, 15) is 14.7 Å². The second-order valence-electron chi connectivity index (χ2n) is 7.58. The summed E-state index contributed by atoms with van der Waals surface area (Å²) < 4.78 is 6.13. The standard InChI is InChI=1S/C21H23NO4/c1-13(2)12-16-21-10-8-15(26-21)17(20(24)25)18(21)19(23)22(16)11-9-14-6-4-3-5-7-14/h3-8,10,15-18H,1,9,11-12H2,2H3,(H,24,25)/t15-,16-,17-,18-,21-/m1/s1. The first-order valence-corrected chi connectivity index (χ1v) is 9.03.